The van der Waals surface area contributed by atoms with Crippen LogP contribution in [0.3, 0.4) is 0 Å². The Labute approximate surface area is 127 Å². The van der Waals surface area contributed by atoms with Crippen LogP contribution in [0.25, 0.3) is 0 Å². The lowest BCUT2D eigenvalue weighted by Crippen LogP contribution is -2.30. The Morgan fingerprint density at radius 1 is 1.20 bits per heavy atom. The number of rotatable bonds is 4. The zero-order valence-corrected chi connectivity index (χ0v) is 13.6. The monoisotopic (exact) mass is 295 g/mol. The lowest BCUT2D eigenvalue weighted by Gasteiger charge is -2.26. The molecule has 0 amide bonds. The van der Waals surface area contributed by atoms with E-state index >= 15 is 0 Å². The molecular weight excluding hydrogens is 270 g/mol. The van der Waals surface area contributed by atoms with Gasteiger partial charge in [0.25, 0.3) is 0 Å². The number of benzene rings is 1. The van der Waals surface area contributed by atoms with Gasteiger partial charge in [0.2, 0.25) is 0 Å². The predicted octanol–water partition coefficient (Wildman–Crippen LogP) is 2.98. The van der Waals surface area contributed by atoms with Crippen LogP contribution in [-0.4, -0.2) is 44.2 Å². The second kappa shape index (κ2) is 7.30. The molecule has 0 spiro atoms. The summed E-state index contributed by atoms with van der Waals surface area (Å²) in [7, 11) is 2.20. The highest BCUT2D eigenvalue weighted by Crippen LogP contribution is 2.25. The maximum absolute atomic E-state index is 6.17. The number of nitrogens with zero attached hydrogens (tertiary/aromatic N) is 2. The van der Waals surface area contributed by atoms with Crippen molar-refractivity contribution in [1.82, 2.24) is 10.2 Å². The lowest BCUT2D eigenvalue weighted by molar-refractivity contribution is 0.360. The Bertz CT molecular complexity index is 434. The summed E-state index contributed by atoms with van der Waals surface area (Å²) in [6.07, 6.45) is 1.22. The third-order valence-corrected chi connectivity index (χ3v) is 4.04. The largest absolute Gasteiger partial charge is 0.370 e. The fourth-order valence-electron chi connectivity index (χ4n) is 2.61. The number of hydrogen-bond donors (Lipinski definition) is 1. The van der Waals surface area contributed by atoms with Gasteiger partial charge in [0.05, 0.1) is 0 Å². The molecule has 0 aromatic heterocycles. The third-order valence-electron chi connectivity index (χ3n) is 3.80. The van der Waals surface area contributed by atoms with Gasteiger partial charge in [-0.1, -0.05) is 25.4 Å². The summed E-state index contributed by atoms with van der Waals surface area (Å²) in [5.41, 5.74) is 2.63. The molecular formula is C16H26ClN3. The molecule has 1 N–H and O–H groups in total. The van der Waals surface area contributed by atoms with E-state index in [0.717, 1.165) is 31.2 Å². The van der Waals surface area contributed by atoms with Gasteiger partial charge >= 0.3 is 0 Å². The van der Waals surface area contributed by atoms with Gasteiger partial charge in [-0.2, -0.15) is 0 Å². The molecule has 112 valence electrons. The smallest absolute Gasteiger partial charge is 0.0413 e. The summed E-state index contributed by atoms with van der Waals surface area (Å²) in [5, 5.41) is 4.32. The molecule has 1 heterocycles. The van der Waals surface area contributed by atoms with E-state index < -0.39 is 0 Å². The number of halogens is 1. The van der Waals surface area contributed by atoms with Crippen LogP contribution in [-0.2, 0) is 6.54 Å². The molecule has 0 unspecified atom stereocenters. The van der Waals surface area contributed by atoms with E-state index in [1.807, 2.05) is 6.07 Å². The average Bonchev–Trinajstić information content (AvgIpc) is 2.61. The van der Waals surface area contributed by atoms with Gasteiger partial charge in [-0.05, 0) is 43.8 Å². The highest BCUT2D eigenvalue weighted by atomic mass is 35.5. The molecule has 1 aliphatic rings. The first-order valence-corrected chi connectivity index (χ1v) is 7.89. The molecule has 20 heavy (non-hydrogen) atoms. The standard InChI is InChI=1S/C16H26ClN3/c1-13(2)18-12-14-11-15(17)5-6-16(14)20-8-4-7-19(3)9-10-20/h5-6,11,13,18H,4,7-10,12H2,1-3H3. The van der Waals surface area contributed by atoms with E-state index in [2.05, 4.69) is 48.1 Å². The van der Waals surface area contributed by atoms with Crippen molar-refractivity contribution in [2.24, 2.45) is 0 Å². The Hall–Kier alpha value is -0.770. The molecule has 0 saturated carbocycles. The molecule has 1 aromatic rings. The van der Waals surface area contributed by atoms with Crippen molar-refractivity contribution in [1.29, 1.82) is 0 Å². The van der Waals surface area contributed by atoms with E-state index in [9.17, 15) is 0 Å². The first-order chi connectivity index (χ1) is 9.56. The second-order valence-corrected chi connectivity index (χ2v) is 6.39. The van der Waals surface area contributed by atoms with Crippen LogP contribution in [0.5, 0.6) is 0 Å². The Kier molecular flexibility index (Phi) is 5.70. The summed E-state index contributed by atoms with van der Waals surface area (Å²) < 4.78 is 0. The summed E-state index contributed by atoms with van der Waals surface area (Å²) in [6, 6.07) is 6.76. The Morgan fingerprint density at radius 3 is 2.75 bits per heavy atom. The molecule has 2 rings (SSSR count). The van der Waals surface area contributed by atoms with Crippen molar-refractivity contribution < 1.29 is 0 Å². The molecule has 0 aliphatic carbocycles. The first kappa shape index (κ1) is 15.6. The van der Waals surface area contributed by atoms with Gasteiger partial charge in [0.15, 0.2) is 0 Å². The molecule has 1 aliphatic heterocycles. The van der Waals surface area contributed by atoms with Crippen LogP contribution in [0, 0.1) is 0 Å². The molecule has 1 aromatic carbocycles. The van der Waals surface area contributed by atoms with Crippen LogP contribution in [0.2, 0.25) is 5.02 Å². The van der Waals surface area contributed by atoms with Gasteiger partial charge < -0.3 is 15.1 Å². The zero-order chi connectivity index (χ0) is 14.5. The Balaban J connectivity index is 2.16. The maximum atomic E-state index is 6.17. The summed E-state index contributed by atoms with van der Waals surface area (Å²) in [4.78, 5) is 4.90. The van der Waals surface area contributed by atoms with Gasteiger partial charge in [0, 0.05) is 42.9 Å². The quantitative estimate of drug-likeness (QED) is 0.921. The van der Waals surface area contributed by atoms with Crippen molar-refractivity contribution in [2.45, 2.75) is 32.9 Å². The highest BCUT2D eigenvalue weighted by Gasteiger charge is 2.15. The minimum atomic E-state index is 0.483. The number of nitrogens with one attached hydrogen (secondary N) is 1. The van der Waals surface area contributed by atoms with Crippen molar-refractivity contribution >= 4 is 17.3 Å². The van der Waals surface area contributed by atoms with Gasteiger partial charge in [-0.3, -0.25) is 0 Å². The van der Waals surface area contributed by atoms with Gasteiger partial charge in [-0.15, -0.1) is 0 Å². The fraction of sp³-hybridized carbons (Fsp3) is 0.625. The van der Waals surface area contributed by atoms with Crippen LogP contribution < -0.4 is 10.2 Å². The van der Waals surface area contributed by atoms with Crippen LogP contribution in [0.1, 0.15) is 25.8 Å². The second-order valence-electron chi connectivity index (χ2n) is 5.95. The Morgan fingerprint density at radius 2 is 2.00 bits per heavy atom. The van der Waals surface area contributed by atoms with E-state index in [4.69, 9.17) is 11.6 Å². The first-order valence-electron chi connectivity index (χ1n) is 7.51. The molecule has 0 radical (unpaired) electrons. The van der Waals surface area contributed by atoms with E-state index in [-0.39, 0.29) is 0 Å². The SMILES string of the molecule is CC(C)NCc1cc(Cl)ccc1N1CCCN(C)CC1. The highest BCUT2D eigenvalue weighted by molar-refractivity contribution is 6.30. The maximum Gasteiger partial charge on any atom is 0.0413 e. The number of hydrogen-bond acceptors (Lipinski definition) is 3. The van der Waals surface area contributed by atoms with Crippen LogP contribution in [0.15, 0.2) is 18.2 Å². The summed E-state index contributed by atoms with van der Waals surface area (Å²) >= 11 is 6.17. The molecule has 3 nitrogen and oxygen atoms in total. The molecule has 1 saturated heterocycles. The van der Waals surface area contributed by atoms with Crippen LogP contribution >= 0.6 is 11.6 Å². The zero-order valence-electron chi connectivity index (χ0n) is 12.8. The minimum absolute atomic E-state index is 0.483. The van der Waals surface area contributed by atoms with Gasteiger partial charge in [-0.25, -0.2) is 0 Å². The summed E-state index contributed by atoms with van der Waals surface area (Å²) in [5.74, 6) is 0. The molecule has 1 fully saturated rings. The third kappa shape index (κ3) is 4.37. The lowest BCUT2D eigenvalue weighted by atomic mass is 10.1. The van der Waals surface area contributed by atoms with E-state index in [1.165, 1.54) is 24.2 Å². The summed E-state index contributed by atoms with van der Waals surface area (Å²) in [6.45, 7) is 9.74. The molecule has 4 heteroatoms. The van der Waals surface area contributed by atoms with E-state index in [0.29, 0.717) is 6.04 Å². The molecule has 0 bridgehead atoms. The fourth-order valence-corrected chi connectivity index (χ4v) is 2.80. The topological polar surface area (TPSA) is 18.5 Å². The molecule has 0 atom stereocenters. The van der Waals surface area contributed by atoms with Crippen molar-refractivity contribution in [2.75, 3.05) is 38.1 Å². The number of anilines is 1. The van der Waals surface area contributed by atoms with E-state index in [1.54, 1.807) is 0 Å². The average molecular weight is 296 g/mol. The van der Waals surface area contributed by atoms with Crippen LogP contribution in [0.4, 0.5) is 5.69 Å². The predicted molar refractivity (Wildman–Crippen MR) is 87.8 cm³/mol. The number of likely N-dealkylation sites (N-methyl/N-ethyl adjacent to an activating group) is 1. The van der Waals surface area contributed by atoms with Crippen molar-refractivity contribution in [3.63, 3.8) is 0 Å². The van der Waals surface area contributed by atoms with Crippen molar-refractivity contribution in [3.05, 3.63) is 28.8 Å². The van der Waals surface area contributed by atoms with Crippen molar-refractivity contribution in [3.8, 4) is 0 Å². The van der Waals surface area contributed by atoms with Gasteiger partial charge in [0.1, 0.15) is 0 Å². The normalized spacial score (nSPS) is 17.6. The minimum Gasteiger partial charge on any atom is -0.370 e.